The third kappa shape index (κ3) is 5.39. The molecule has 0 radical (unpaired) electrons. The minimum Gasteiger partial charge on any atom is -0.386 e. The third-order valence-corrected chi connectivity index (χ3v) is 6.48. The molecule has 0 atom stereocenters. The van der Waals surface area contributed by atoms with Crippen LogP contribution in [0, 0.1) is 11.6 Å². The first-order valence-corrected chi connectivity index (χ1v) is 11.5. The number of halogens is 2. The zero-order valence-electron chi connectivity index (χ0n) is 18.8. The van der Waals surface area contributed by atoms with Crippen molar-refractivity contribution in [3.8, 4) is 10.4 Å². The largest absolute Gasteiger partial charge is 0.386 e. The van der Waals surface area contributed by atoms with Crippen LogP contribution in [0.3, 0.4) is 0 Å². The van der Waals surface area contributed by atoms with E-state index in [-0.39, 0.29) is 21.6 Å². The molecule has 2 aromatic heterocycles. The lowest BCUT2D eigenvalue weighted by Crippen LogP contribution is -2.36. The van der Waals surface area contributed by atoms with Crippen LogP contribution in [0.4, 0.5) is 19.6 Å². The molecule has 1 saturated heterocycles. The van der Waals surface area contributed by atoms with E-state index >= 15 is 0 Å². The number of benzene rings is 1. The predicted octanol–water partition coefficient (Wildman–Crippen LogP) is 3.39. The van der Waals surface area contributed by atoms with Gasteiger partial charge in [0.05, 0.1) is 36.5 Å². The normalized spacial score (nSPS) is 14.9. The maximum absolute atomic E-state index is 14.9. The molecule has 11 heteroatoms. The number of carbonyl (C=O) groups excluding carboxylic acids is 1. The van der Waals surface area contributed by atoms with Gasteiger partial charge in [-0.15, -0.1) is 11.3 Å². The van der Waals surface area contributed by atoms with Gasteiger partial charge < -0.3 is 20.9 Å². The quantitative estimate of drug-likeness (QED) is 0.466. The van der Waals surface area contributed by atoms with E-state index in [1.807, 2.05) is 0 Å². The van der Waals surface area contributed by atoms with Crippen LogP contribution in [0.1, 0.15) is 35.6 Å². The van der Waals surface area contributed by atoms with Crippen molar-refractivity contribution < 1.29 is 23.4 Å². The number of ether oxygens (including phenoxy) is 1. The van der Waals surface area contributed by atoms with Crippen molar-refractivity contribution in [1.82, 2.24) is 14.9 Å². The topological polar surface area (TPSA) is 114 Å². The van der Waals surface area contributed by atoms with Crippen molar-refractivity contribution in [2.75, 3.05) is 31.6 Å². The highest BCUT2D eigenvalue weighted by Gasteiger charge is 2.24. The zero-order chi connectivity index (χ0) is 24.5. The number of primary amides is 1. The van der Waals surface area contributed by atoms with Gasteiger partial charge in [0.15, 0.2) is 0 Å². The van der Waals surface area contributed by atoms with Crippen LogP contribution < -0.4 is 11.1 Å². The van der Waals surface area contributed by atoms with Gasteiger partial charge in [-0.25, -0.2) is 18.7 Å². The van der Waals surface area contributed by atoms with E-state index < -0.39 is 23.1 Å². The second-order valence-electron chi connectivity index (χ2n) is 8.46. The number of nitrogens with two attached hydrogens (primary N) is 1. The number of amides is 1. The zero-order valence-corrected chi connectivity index (χ0v) is 19.6. The Morgan fingerprint density at radius 1 is 1.26 bits per heavy atom. The number of rotatable bonds is 7. The maximum atomic E-state index is 14.9. The van der Waals surface area contributed by atoms with E-state index in [0.717, 1.165) is 36.6 Å². The van der Waals surface area contributed by atoms with Gasteiger partial charge in [-0.2, -0.15) is 0 Å². The number of aromatic nitrogens is 2. The Labute approximate surface area is 199 Å². The number of nitrogens with one attached hydrogen (secondary N) is 1. The van der Waals surface area contributed by atoms with Gasteiger partial charge in [-0.1, -0.05) is 0 Å². The van der Waals surface area contributed by atoms with Crippen LogP contribution in [0.25, 0.3) is 10.4 Å². The highest BCUT2D eigenvalue weighted by molar-refractivity contribution is 7.20. The molecule has 0 saturated carbocycles. The molecule has 4 N–H and O–H groups in total. The van der Waals surface area contributed by atoms with Crippen LogP contribution >= 0.6 is 11.3 Å². The van der Waals surface area contributed by atoms with Gasteiger partial charge in [-0.3, -0.25) is 9.69 Å². The molecule has 1 aromatic carbocycles. The molecule has 4 rings (SSSR count). The standard InChI is InChI=1S/C23H25F2N5O3S/c1-23(2,32)13-9-15(24)20(16(25)10-13)17-11-14(21(26)31)22(34-17)29-18-3-4-27-19(28-18)12-30-5-7-33-8-6-30/h3-4,9-11,32H,5-8,12H2,1-2H3,(H2,26,31)(H,27,28,29). The summed E-state index contributed by atoms with van der Waals surface area (Å²) in [6, 6.07) is 5.14. The first kappa shape index (κ1) is 24.1. The Morgan fingerprint density at radius 3 is 2.56 bits per heavy atom. The summed E-state index contributed by atoms with van der Waals surface area (Å²) in [5, 5.41) is 13.4. The van der Waals surface area contributed by atoms with Crippen molar-refractivity contribution in [3.05, 3.63) is 59.0 Å². The molecule has 180 valence electrons. The number of nitrogens with zero attached hydrogens (tertiary/aromatic N) is 3. The number of thiophene rings is 1. The van der Waals surface area contributed by atoms with Crippen LogP contribution in [0.15, 0.2) is 30.5 Å². The second kappa shape index (κ2) is 9.71. The van der Waals surface area contributed by atoms with Crippen molar-refractivity contribution >= 4 is 28.1 Å². The molecule has 1 fully saturated rings. The molecular formula is C23H25F2N5O3S. The van der Waals surface area contributed by atoms with Crippen LogP contribution in [-0.2, 0) is 16.9 Å². The van der Waals surface area contributed by atoms with Crippen molar-refractivity contribution in [3.63, 3.8) is 0 Å². The molecule has 0 spiro atoms. The first-order chi connectivity index (χ1) is 16.1. The van der Waals surface area contributed by atoms with E-state index in [1.165, 1.54) is 19.9 Å². The van der Waals surface area contributed by atoms with Crippen LogP contribution in [0.2, 0.25) is 0 Å². The number of hydrogen-bond acceptors (Lipinski definition) is 8. The van der Waals surface area contributed by atoms with Crippen molar-refractivity contribution in [2.45, 2.75) is 26.0 Å². The lowest BCUT2D eigenvalue weighted by atomic mass is 9.96. The van der Waals surface area contributed by atoms with E-state index in [9.17, 15) is 18.7 Å². The minimum atomic E-state index is -1.41. The fourth-order valence-electron chi connectivity index (χ4n) is 3.57. The van der Waals surface area contributed by atoms with Gasteiger partial charge in [-0.05, 0) is 43.7 Å². The molecule has 0 unspecified atom stereocenters. The summed E-state index contributed by atoms with van der Waals surface area (Å²) in [6.07, 6.45) is 1.60. The first-order valence-electron chi connectivity index (χ1n) is 10.7. The molecule has 8 nitrogen and oxygen atoms in total. The number of carbonyl (C=O) groups is 1. The number of anilines is 2. The van der Waals surface area contributed by atoms with Crippen molar-refractivity contribution in [2.24, 2.45) is 5.73 Å². The highest BCUT2D eigenvalue weighted by Crippen LogP contribution is 2.40. The summed E-state index contributed by atoms with van der Waals surface area (Å²) in [5.74, 6) is -1.44. The molecule has 34 heavy (non-hydrogen) atoms. The molecule has 0 aliphatic carbocycles. The summed E-state index contributed by atoms with van der Waals surface area (Å²) in [6.45, 7) is 6.29. The lowest BCUT2D eigenvalue weighted by molar-refractivity contribution is 0.0331. The van der Waals surface area contributed by atoms with Gasteiger partial charge >= 0.3 is 0 Å². The molecular weight excluding hydrogens is 464 g/mol. The molecule has 1 amide bonds. The summed E-state index contributed by atoms with van der Waals surface area (Å²) >= 11 is 0.977. The molecule has 1 aliphatic rings. The summed E-state index contributed by atoms with van der Waals surface area (Å²) < 4.78 is 35.1. The van der Waals surface area contributed by atoms with E-state index in [2.05, 4.69) is 20.2 Å². The van der Waals surface area contributed by atoms with E-state index in [0.29, 0.717) is 36.4 Å². The Balaban J connectivity index is 1.63. The Morgan fingerprint density at radius 2 is 1.94 bits per heavy atom. The Bertz CT molecular complexity index is 1180. The number of hydrogen-bond donors (Lipinski definition) is 3. The lowest BCUT2D eigenvalue weighted by Gasteiger charge is -2.25. The van der Waals surface area contributed by atoms with Gasteiger partial charge in [0.25, 0.3) is 5.91 Å². The summed E-state index contributed by atoms with van der Waals surface area (Å²) in [5.41, 5.74) is 4.00. The van der Waals surface area contributed by atoms with Crippen LogP contribution in [-0.4, -0.2) is 52.2 Å². The SMILES string of the molecule is CC(C)(O)c1cc(F)c(-c2cc(C(N)=O)c(Nc3ccnc(CN4CCOCC4)n3)s2)c(F)c1. The average Bonchev–Trinajstić information content (AvgIpc) is 3.17. The molecule has 1 aliphatic heterocycles. The summed E-state index contributed by atoms with van der Waals surface area (Å²) in [4.78, 5) is 23.2. The van der Waals surface area contributed by atoms with E-state index in [4.69, 9.17) is 10.5 Å². The third-order valence-electron chi connectivity index (χ3n) is 5.41. The number of aliphatic hydroxyl groups is 1. The van der Waals surface area contributed by atoms with Crippen molar-refractivity contribution in [1.29, 1.82) is 0 Å². The predicted molar refractivity (Wildman–Crippen MR) is 125 cm³/mol. The van der Waals surface area contributed by atoms with E-state index in [1.54, 1.807) is 12.3 Å². The Kier molecular flexibility index (Phi) is 6.89. The maximum Gasteiger partial charge on any atom is 0.251 e. The average molecular weight is 490 g/mol. The summed E-state index contributed by atoms with van der Waals surface area (Å²) in [7, 11) is 0. The second-order valence-corrected chi connectivity index (χ2v) is 9.52. The fraction of sp³-hybridized carbons (Fsp3) is 0.348. The van der Waals surface area contributed by atoms with Gasteiger partial charge in [0, 0.05) is 24.2 Å². The monoisotopic (exact) mass is 489 g/mol. The number of morpholine rings is 1. The molecule has 3 heterocycles. The highest BCUT2D eigenvalue weighted by atomic mass is 32.1. The van der Waals surface area contributed by atoms with Crippen LogP contribution in [0.5, 0.6) is 0 Å². The Hall–Kier alpha value is -2.99. The van der Waals surface area contributed by atoms with Gasteiger partial charge in [0.2, 0.25) is 0 Å². The molecule has 0 bridgehead atoms. The van der Waals surface area contributed by atoms with Gasteiger partial charge in [0.1, 0.15) is 28.3 Å². The molecule has 3 aromatic rings. The smallest absolute Gasteiger partial charge is 0.251 e. The minimum absolute atomic E-state index is 0.0821. The fourth-order valence-corrected chi connectivity index (χ4v) is 4.69.